The first kappa shape index (κ1) is 13.4. The quantitative estimate of drug-likeness (QED) is 0.792. The van der Waals surface area contributed by atoms with Gasteiger partial charge in [-0.25, -0.2) is 4.79 Å². The van der Waals surface area contributed by atoms with Crippen molar-refractivity contribution in [3.63, 3.8) is 0 Å². The van der Waals surface area contributed by atoms with Gasteiger partial charge in [-0.15, -0.1) is 0 Å². The van der Waals surface area contributed by atoms with E-state index in [0.717, 1.165) is 44.0 Å². The van der Waals surface area contributed by atoms with Crippen LogP contribution in [0.1, 0.15) is 22.3 Å². The van der Waals surface area contributed by atoms with E-state index in [0.29, 0.717) is 5.56 Å². The van der Waals surface area contributed by atoms with Crippen LogP contribution in [0.5, 0.6) is 0 Å². The SMILES string of the molecule is COC(=O)c1cccc(CCNC2=NCCCN2)c1. The molecule has 5 heteroatoms. The highest BCUT2D eigenvalue weighted by Crippen LogP contribution is 2.07. The van der Waals surface area contributed by atoms with Crippen molar-refractivity contribution in [2.24, 2.45) is 4.99 Å². The molecule has 102 valence electrons. The molecule has 0 radical (unpaired) electrons. The summed E-state index contributed by atoms with van der Waals surface area (Å²) in [5.41, 5.74) is 1.69. The van der Waals surface area contributed by atoms with Crippen LogP contribution in [-0.4, -0.2) is 38.7 Å². The summed E-state index contributed by atoms with van der Waals surface area (Å²) >= 11 is 0. The zero-order valence-corrected chi connectivity index (χ0v) is 11.1. The molecule has 1 aliphatic rings. The van der Waals surface area contributed by atoms with Crippen LogP contribution in [0.4, 0.5) is 0 Å². The Morgan fingerprint density at radius 2 is 2.42 bits per heavy atom. The van der Waals surface area contributed by atoms with Crippen molar-refractivity contribution in [3.05, 3.63) is 35.4 Å². The number of ether oxygens (including phenoxy) is 1. The molecule has 2 rings (SSSR count). The van der Waals surface area contributed by atoms with E-state index in [9.17, 15) is 4.79 Å². The Bertz CT molecular complexity index is 472. The summed E-state index contributed by atoms with van der Waals surface area (Å²) in [5.74, 6) is 0.573. The van der Waals surface area contributed by atoms with Gasteiger partial charge < -0.3 is 15.4 Å². The smallest absolute Gasteiger partial charge is 0.337 e. The Kier molecular flexibility index (Phi) is 4.78. The lowest BCUT2D eigenvalue weighted by molar-refractivity contribution is 0.0600. The lowest BCUT2D eigenvalue weighted by atomic mass is 10.1. The maximum absolute atomic E-state index is 11.4. The van der Waals surface area contributed by atoms with E-state index < -0.39 is 0 Å². The molecule has 0 bridgehead atoms. The minimum Gasteiger partial charge on any atom is -0.465 e. The predicted molar refractivity (Wildman–Crippen MR) is 74.4 cm³/mol. The third kappa shape index (κ3) is 3.98. The van der Waals surface area contributed by atoms with Gasteiger partial charge in [-0.3, -0.25) is 4.99 Å². The molecule has 0 saturated carbocycles. The highest BCUT2D eigenvalue weighted by atomic mass is 16.5. The maximum atomic E-state index is 11.4. The molecule has 1 aromatic rings. The van der Waals surface area contributed by atoms with E-state index in [-0.39, 0.29) is 5.97 Å². The third-order valence-electron chi connectivity index (χ3n) is 2.95. The van der Waals surface area contributed by atoms with E-state index in [1.165, 1.54) is 7.11 Å². The number of benzene rings is 1. The predicted octanol–water partition coefficient (Wildman–Crippen LogP) is 0.955. The summed E-state index contributed by atoms with van der Waals surface area (Å²) in [6, 6.07) is 7.50. The van der Waals surface area contributed by atoms with Crippen molar-refractivity contribution in [1.82, 2.24) is 10.6 Å². The Balaban J connectivity index is 1.85. The zero-order chi connectivity index (χ0) is 13.5. The second kappa shape index (κ2) is 6.78. The third-order valence-corrected chi connectivity index (χ3v) is 2.95. The summed E-state index contributed by atoms with van der Waals surface area (Å²) in [6.07, 6.45) is 1.93. The number of guanidine groups is 1. The van der Waals surface area contributed by atoms with Crippen molar-refractivity contribution in [3.8, 4) is 0 Å². The highest BCUT2D eigenvalue weighted by molar-refractivity contribution is 5.89. The van der Waals surface area contributed by atoms with Gasteiger partial charge in [0.15, 0.2) is 5.96 Å². The van der Waals surface area contributed by atoms with Crippen molar-refractivity contribution in [1.29, 1.82) is 0 Å². The number of methoxy groups -OCH3 is 1. The molecule has 0 amide bonds. The Hall–Kier alpha value is -2.04. The molecular weight excluding hydrogens is 242 g/mol. The molecule has 0 fully saturated rings. The minimum atomic E-state index is -0.298. The largest absolute Gasteiger partial charge is 0.465 e. The first-order valence-electron chi connectivity index (χ1n) is 6.49. The monoisotopic (exact) mass is 261 g/mol. The van der Waals surface area contributed by atoms with Gasteiger partial charge in [-0.1, -0.05) is 12.1 Å². The van der Waals surface area contributed by atoms with Crippen molar-refractivity contribution >= 4 is 11.9 Å². The second-order valence-electron chi connectivity index (χ2n) is 4.38. The molecular formula is C14H19N3O2. The number of rotatable bonds is 4. The number of carbonyl (C=O) groups is 1. The molecule has 0 unspecified atom stereocenters. The van der Waals surface area contributed by atoms with Gasteiger partial charge >= 0.3 is 5.97 Å². The van der Waals surface area contributed by atoms with E-state index >= 15 is 0 Å². The van der Waals surface area contributed by atoms with Gasteiger partial charge in [0.1, 0.15) is 0 Å². The Morgan fingerprint density at radius 1 is 1.53 bits per heavy atom. The van der Waals surface area contributed by atoms with Crippen molar-refractivity contribution < 1.29 is 9.53 Å². The molecule has 0 aromatic heterocycles. The summed E-state index contributed by atoms with van der Waals surface area (Å²) < 4.78 is 4.71. The van der Waals surface area contributed by atoms with Crippen LogP contribution in [0.15, 0.2) is 29.3 Å². The molecule has 0 atom stereocenters. The van der Waals surface area contributed by atoms with E-state index in [1.54, 1.807) is 6.07 Å². The van der Waals surface area contributed by atoms with Crippen LogP contribution in [0.25, 0.3) is 0 Å². The van der Waals surface area contributed by atoms with Crippen LogP contribution < -0.4 is 10.6 Å². The summed E-state index contributed by atoms with van der Waals surface area (Å²) in [5, 5.41) is 6.46. The van der Waals surface area contributed by atoms with Crippen LogP contribution in [0, 0.1) is 0 Å². The van der Waals surface area contributed by atoms with E-state index in [4.69, 9.17) is 4.74 Å². The lowest BCUT2D eigenvalue weighted by Crippen LogP contribution is -2.41. The number of esters is 1. The minimum absolute atomic E-state index is 0.298. The van der Waals surface area contributed by atoms with Crippen LogP contribution in [0.2, 0.25) is 0 Å². The molecule has 2 N–H and O–H groups in total. The Labute approximate surface area is 113 Å². The Morgan fingerprint density at radius 3 is 3.16 bits per heavy atom. The number of nitrogens with one attached hydrogen (secondary N) is 2. The standard InChI is InChI=1S/C14H19N3O2/c1-19-13(18)12-5-2-4-11(10-12)6-9-17-14-15-7-3-8-16-14/h2,4-5,10H,3,6-9H2,1H3,(H2,15,16,17). The summed E-state index contributed by atoms with van der Waals surface area (Å²) in [7, 11) is 1.39. The topological polar surface area (TPSA) is 62.7 Å². The molecule has 0 aliphatic carbocycles. The molecule has 19 heavy (non-hydrogen) atoms. The molecule has 5 nitrogen and oxygen atoms in total. The summed E-state index contributed by atoms with van der Waals surface area (Å²) in [4.78, 5) is 15.8. The first-order chi connectivity index (χ1) is 9.29. The second-order valence-corrected chi connectivity index (χ2v) is 4.38. The fourth-order valence-electron chi connectivity index (χ4n) is 1.95. The maximum Gasteiger partial charge on any atom is 0.337 e. The van der Waals surface area contributed by atoms with Gasteiger partial charge in [-0.2, -0.15) is 0 Å². The normalized spacial score (nSPS) is 14.3. The molecule has 1 heterocycles. The van der Waals surface area contributed by atoms with Crippen molar-refractivity contribution in [2.75, 3.05) is 26.7 Å². The van der Waals surface area contributed by atoms with Gasteiger partial charge in [-0.05, 0) is 30.5 Å². The average Bonchev–Trinajstić information content (AvgIpc) is 2.48. The number of nitrogens with zero attached hydrogens (tertiary/aromatic N) is 1. The average molecular weight is 261 g/mol. The zero-order valence-electron chi connectivity index (χ0n) is 11.1. The highest BCUT2D eigenvalue weighted by Gasteiger charge is 2.06. The molecule has 0 saturated heterocycles. The lowest BCUT2D eigenvalue weighted by Gasteiger charge is -2.15. The van der Waals surface area contributed by atoms with Crippen molar-refractivity contribution in [2.45, 2.75) is 12.8 Å². The number of hydrogen-bond donors (Lipinski definition) is 2. The summed E-state index contributed by atoms with van der Waals surface area (Å²) in [6.45, 7) is 2.65. The molecule has 0 spiro atoms. The molecule has 1 aromatic carbocycles. The van der Waals surface area contributed by atoms with Crippen LogP contribution in [0.3, 0.4) is 0 Å². The van der Waals surface area contributed by atoms with Gasteiger partial charge in [0.2, 0.25) is 0 Å². The van der Waals surface area contributed by atoms with Gasteiger partial charge in [0.05, 0.1) is 12.7 Å². The van der Waals surface area contributed by atoms with Crippen LogP contribution in [-0.2, 0) is 11.2 Å². The number of hydrogen-bond acceptors (Lipinski definition) is 5. The first-order valence-corrected chi connectivity index (χ1v) is 6.49. The van der Waals surface area contributed by atoms with E-state index in [1.807, 2.05) is 18.2 Å². The van der Waals surface area contributed by atoms with Gasteiger partial charge in [0, 0.05) is 19.6 Å². The molecule has 1 aliphatic heterocycles. The fraction of sp³-hybridized carbons (Fsp3) is 0.429. The number of carbonyl (C=O) groups excluding carboxylic acids is 1. The van der Waals surface area contributed by atoms with Gasteiger partial charge in [0.25, 0.3) is 0 Å². The number of aliphatic imine (C=N–C) groups is 1. The fourth-order valence-corrected chi connectivity index (χ4v) is 1.95. The van der Waals surface area contributed by atoms with Crippen LogP contribution >= 0.6 is 0 Å². The van der Waals surface area contributed by atoms with E-state index in [2.05, 4.69) is 15.6 Å².